The summed E-state index contributed by atoms with van der Waals surface area (Å²) in [6.45, 7) is -0.261. The smallest absolute Gasteiger partial charge is 0.488 e. The number of anilines is 2. The number of ether oxygens (including phenoxy) is 1. The van der Waals surface area contributed by atoms with Gasteiger partial charge >= 0.3 is 14.2 Å². The maximum atomic E-state index is 14.4. The minimum absolute atomic E-state index is 0.0101. The summed E-state index contributed by atoms with van der Waals surface area (Å²) in [6.07, 6.45) is 2.25. The van der Waals surface area contributed by atoms with Gasteiger partial charge in [-0.05, 0) is 60.0 Å². The number of carbonyl (C=O) groups excluding carboxylic acids is 4. The molecule has 3 fully saturated rings. The fourth-order valence-electron chi connectivity index (χ4n) is 8.12. The molecule has 0 unspecified atom stereocenters. The second-order valence-corrected chi connectivity index (χ2v) is 12.6. The van der Waals surface area contributed by atoms with E-state index in [0.717, 1.165) is 15.4 Å². The predicted molar refractivity (Wildman–Crippen MR) is 174 cm³/mol. The Hall–Kier alpha value is -4.59. The first-order chi connectivity index (χ1) is 23.1. The summed E-state index contributed by atoms with van der Waals surface area (Å²) in [7, 11) is -3.61. The minimum atomic E-state index is -1.82. The van der Waals surface area contributed by atoms with Crippen molar-refractivity contribution in [2.24, 2.45) is 29.6 Å². The van der Waals surface area contributed by atoms with Crippen molar-refractivity contribution in [3.63, 3.8) is 0 Å². The van der Waals surface area contributed by atoms with Gasteiger partial charge in [-0.25, -0.2) is 0 Å². The number of allylic oxidation sites excluding steroid dienone is 2. The van der Waals surface area contributed by atoms with Crippen LogP contribution in [0.2, 0.25) is 0 Å². The second-order valence-electron chi connectivity index (χ2n) is 12.6. The van der Waals surface area contributed by atoms with Crippen LogP contribution in [0.15, 0.2) is 84.4 Å². The molecule has 48 heavy (non-hydrogen) atoms. The largest absolute Gasteiger partial charge is 0.491 e. The molecule has 14 heteroatoms. The van der Waals surface area contributed by atoms with E-state index >= 15 is 0 Å². The number of hydrogen-bond acceptors (Lipinski definition) is 10. The molecule has 12 nitrogen and oxygen atoms in total. The molecule has 2 aliphatic heterocycles. The molecule has 2 saturated heterocycles. The highest BCUT2D eigenvalue weighted by Crippen LogP contribution is 2.59. The third-order valence-electron chi connectivity index (χ3n) is 10.1. The number of imide groups is 2. The Morgan fingerprint density at radius 2 is 1.27 bits per heavy atom. The quantitative estimate of drug-likeness (QED) is 0.121. The van der Waals surface area contributed by atoms with Crippen LogP contribution in [0.1, 0.15) is 24.3 Å². The topological polar surface area (TPSA) is 185 Å². The number of nitrogens with zero attached hydrogens (tertiary/aromatic N) is 2. The molecule has 2 heterocycles. The van der Waals surface area contributed by atoms with E-state index in [-0.39, 0.29) is 48.4 Å². The van der Waals surface area contributed by atoms with Crippen LogP contribution in [-0.4, -0.2) is 76.3 Å². The molecule has 3 aromatic rings. The lowest BCUT2D eigenvalue weighted by molar-refractivity contribution is -0.126. The van der Waals surface area contributed by atoms with Gasteiger partial charge in [-0.2, -0.15) is 0 Å². The Kier molecular flexibility index (Phi) is 8.30. The van der Waals surface area contributed by atoms with E-state index in [1.807, 2.05) is 6.08 Å². The van der Waals surface area contributed by atoms with Crippen LogP contribution in [0.5, 0.6) is 5.75 Å². The lowest BCUT2D eigenvalue weighted by Crippen LogP contribution is -2.43. The number of carbonyl (C=O) groups is 4. The van der Waals surface area contributed by atoms with Gasteiger partial charge < -0.3 is 29.9 Å². The Bertz CT molecular complexity index is 1850. The zero-order valence-electron chi connectivity index (χ0n) is 25.6. The predicted octanol–water partition coefficient (Wildman–Crippen LogP) is -0.537. The Morgan fingerprint density at radius 3 is 1.88 bits per heavy atom. The maximum Gasteiger partial charge on any atom is 0.488 e. The summed E-state index contributed by atoms with van der Waals surface area (Å²) in [4.78, 5) is 58.9. The molecule has 0 bridgehead atoms. The normalized spacial score (nSPS) is 26.2. The summed E-state index contributed by atoms with van der Waals surface area (Å²) >= 11 is 0. The van der Waals surface area contributed by atoms with E-state index in [1.165, 1.54) is 36.4 Å². The van der Waals surface area contributed by atoms with Crippen molar-refractivity contribution in [2.45, 2.75) is 18.8 Å². The van der Waals surface area contributed by atoms with Crippen LogP contribution in [-0.2, 0) is 19.2 Å². The highest BCUT2D eigenvalue weighted by Gasteiger charge is 2.62. The van der Waals surface area contributed by atoms with Gasteiger partial charge in [0.1, 0.15) is 12.4 Å². The van der Waals surface area contributed by atoms with Gasteiger partial charge in [-0.15, -0.1) is 0 Å². The first-order valence-corrected chi connectivity index (χ1v) is 15.8. The van der Waals surface area contributed by atoms with E-state index in [4.69, 9.17) is 4.74 Å². The van der Waals surface area contributed by atoms with Gasteiger partial charge in [0.15, 0.2) is 0 Å². The molecule has 3 aromatic carbocycles. The van der Waals surface area contributed by atoms with Gasteiger partial charge in [-0.3, -0.25) is 29.0 Å². The number of amides is 4. The lowest BCUT2D eigenvalue weighted by atomic mass is 9.57. The molecule has 4 amide bonds. The third kappa shape index (κ3) is 5.08. The molecular weight excluding hydrogens is 618 g/mol. The van der Waals surface area contributed by atoms with E-state index in [9.17, 15) is 44.4 Å². The van der Waals surface area contributed by atoms with E-state index in [0.29, 0.717) is 11.3 Å². The van der Waals surface area contributed by atoms with E-state index in [2.05, 4.69) is 0 Å². The van der Waals surface area contributed by atoms with E-state index < -0.39 is 73.4 Å². The van der Waals surface area contributed by atoms with Crippen LogP contribution in [0.4, 0.5) is 11.4 Å². The minimum Gasteiger partial charge on any atom is -0.491 e. The summed E-state index contributed by atoms with van der Waals surface area (Å²) in [5, 5.41) is 48.5. The fraction of sp³-hybridized carbons (Fsp3) is 0.294. The van der Waals surface area contributed by atoms with Crippen molar-refractivity contribution in [1.29, 1.82) is 0 Å². The zero-order valence-corrected chi connectivity index (χ0v) is 25.6. The number of benzene rings is 3. The standard InChI is InChI=1S/C34H32B2N2O10/c39-13-14-48-27-10-2-1-9-23(27)28-22-11-12-24-29(33(42)37(31(24)40)20-7-3-5-18(15-20)35(44)45)25(22)17-26-30(28)34(43)38(32(26)41)21-8-4-6-19(16-21)36(46)47/h1-11,15-16,24-26,28-30,39,44-47H,12-14,17H2/t24-,25+,26+,28+,29-,30+/m0/s1. The number of fused-ring (bicyclic) bond motifs is 4. The summed E-state index contributed by atoms with van der Waals surface area (Å²) in [5.74, 6) is -6.06. The van der Waals surface area contributed by atoms with Gasteiger partial charge in [0.25, 0.3) is 0 Å². The molecular formula is C34H32B2N2O10. The summed E-state index contributed by atoms with van der Waals surface area (Å²) in [5.41, 5.74) is 1.99. The first kappa shape index (κ1) is 32.0. The van der Waals surface area contributed by atoms with Crippen LogP contribution >= 0.6 is 0 Å². The van der Waals surface area contributed by atoms with Gasteiger partial charge in [0, 0.05) is 11.5 Å². The van der Waals surface area contributed by atoms with Crippen molar-refractivity contribution in [1.82, 2.24) is 0 Å². The summed E-state index contributed by atoms with van der Waals surface area (Å²) in [6, 6.07) is 18.9. The summed E-state index contributed by atoms with van der Waals surface area (Å²) < 4.78 is 5.90. The molecule has 2 aliphatic carbocycles. The maximum absolute atomic E-state index is 14.4. The average molecular weight is 650 g/mol. The number of aliphatic hydroxyl groups excluding tert-OH is 1. The number of rotatable bonds is 8. The molecule has 0 aromatic heterocycles. The van der Waals surface area contributed by atoms with Crippen molar-refractivity contribution in [2.75, 3.05) is 23.0 Å². The van der Waals surface area contributed by atoms with Crippen LogP contribution < -0.4 is 25.5 Å². The third-order valence-corrected chi connectivity index (χ3v) is 10.1. The highest BCUT2D eigenvalue weighted by molar-refractivity contribution is 6.59. The molecule has 7 rings (SSSR count). The number of hydrogen-bond donors (Lipinski definition) is 5. The molecule has 4 aliphatic rings. The zero-order chi connectivity index (χ0) is 33.9. The fourth-order valence-corrected chi connectivity index (χ4v) is 8.12. The van der Waals surface area contributed by atoms with Crippen LogP contribution in [0.25, 0.3) is 0 Å². The van der Waals surface area contributed by atoms with Gasteiger partial charge in [0.2, 0.25) is 23.6 Å². The second kappa shape index (κ2) is 12.5. The SMILES string of the molecule is O=C1[C@H]2[C@H](CC=C3[C@H]2C[C@H]2C(=O)N(c4cccc(B(O)O)c4)C(=O)[C@H]2[C@H]3c2ccccc2OCCO)C(=O)N1c1cccc(B(O)O)c1. The van der Waals surface area contributed by atoms with Crippen molar-refractivity contribution in [3.05, 3.63) is 90.0 Å². The molecule has 1 saturated carbocycles. The van der Waals surface area contributed by atoms with Crippen LogP contribution in [0.3, 0.4) is 0 Å². The van der Waals surface area contributed by atoms with Gasteiger partial charge in [-0.1, -0.05) is 54.1 Å². The molecule has 5 N–H and O–H groups in total. The van der Waals surface area contributed by atoms with Crippen molar-refractivity contribution in [3.8, 4) is 5.75 Å². The lowest BCUT2D eigenvalue weighted by Gasteiger charge is -2.44. The van der Waals surface area contributed by atoms with Crippen LogP contribution in [0, 0.1) is 29.6 Å². The Balaban J connectivity index is 1.33. The molecule has 6 atom stereocenters. The average Bonchev–Trinajstić information content (AvgIpc) is 3.50. The molecule has 0 spiro atoms. The molecule has 0 radical (unpaired) electrons. The molecule has 244 valence electrons. The number of aliphatic hydroxyl groups is 1. The van der Waals surface area contributed by atoms with Crippen molar-refractivity contribution >= 4 is 60.2 Å². The highest BCUT2D eigenvalue weighted by atomic mass is 16.5. The monoisotopic (exact) mass is 650 g/mol. The van der Waals surface area contributed by atoms with Gasteiger partial charge in [0.05, 0.1) is 41.7 Å². The Labute approximate surface area is 276 Å². The van der Waals surface area contributed by atoms with Crippen molar-refractivity contribution < 1.29 is 49.1 Å². The Morgan fingerprint density at radius 1 is 0.688 bits per heavy atom. The van der Waals surface area contributed by atoms with E-state index in [1.54, 1.807) is 36.4 Å². The number of para-hydroxylation sites is 1. The first-order valence-electron chi connectivity index (χ1n) is 15.8.